The second-order valence-electron chi connectivity index (χ2n) is 7.88. The van der Waals surface area contributed by atoms with Crippen molar-refractivity contribution in [2.24, 2.45) is 0 Å². The van der Waals surface area contributed by atoms with E-state index in [-0.39, 0.29) is 5.91 Å². The van der Waals surface area contributed by atoms with Gasteiger partial charge in [-0.25, -0.2) is 0 Å². The van der Waals surface area contributed by atoms with Crippen molar-refractivity contribution in [3.63, 3.8) is 0 Å². The van der Waals surface area contributed by atoms with Gasteiger partial charge < -0.3 is 10.2 Å². The Kier molecular flexibility index (Phi) is 8.59. The first-order chi connectivity index (χ1) is 14.1. The van der Waals surface area contributed by atoms with E-state index in [1.165, 1.54) is 5.56 Å². The van der Waals surface area contributed by atoms with Crippen LogP contribution in [0.2, 0.25) is 0 Å². The molecule has 4 nitrogen and oxygen atoms in total. The van der Waals surface area contributed by atoms with Crippen molar-refractivity contribution in [2.75, 3.05) is 39.3 Å². The minimum atomic E-state index is 0.0430. The topological polar surface area (TPSA) is 35.6 Å². The number of nitrogens with zero attached hydrogens (tertiary/aromatic N) is 2. The van der Waals surface area contributed by atoms with Gasteiger partial charge in [0.05, 0.1) is 5.56 Å². The van der Waals surface area contributed by atoms with Crippen LogP contribution in [0.4, 0.5) is 0 Å². The van der Waals surface area contributed by atoms with E-state index in [1.807, 2.05) is 24.3 Å². The van der Waals surface area contributed by atoms with Crippen LogP contribution in [0, 0.1) is 0 Å². The summed E-state index contributed by atoms with van der Waals surface area (Å²) in [5.74, 6) is 0.0430. The third-order valence-corrected chi connectivity index (χ3v) is 6.23. The highest BCUT2D eigenvalue weighted by atomic mass is 32.2. The zero-order valence-corrected chi connectivity index (χ0v) is 18.5. The van der Waals surface area contributed by atoms with Gasteiger partial charge in [-0.15, -0.1) is 11.8 Å². The fourth-order valence-corrected chi connectivity index (χ4v) is 4.58. The van der Waals surface area contributed by atoms with Gasteiger partial charge in [-0.2, -0.15) is 0 Å². The van der Waals surface area contributed by atoms with E-state index in [0.29, 0.717) is 5.25 Å². The molecule has 0 saturated carbocycles. The summed E-state index contributed by atoms with van der Waals surface area (Å²) < 4.78 is 0. The number of amides is 1. The maximum absolute atomic E-state index is 12.6. The molecular formula is C24H33N3OS. The molecule has 1 fully saturated rings. The zero-order chi connectivity index (χ0) is 20.5. The van der Waals surface area contributed by atoms with Gasteiger partial charge in [-0.1, -0.05) is 56.3 Å². The SMILES string of the molecule is CC(C)Sc1ccccc1C(=O)NCCCN1CCN(Cc2ccccc2)CC1. The lowest BCUT2D eigenvalue weighted by atomic mass is 10.2. The summed E-state index contributed by atoms with van der Waals surface area (Å²) in [5, 5.41) is 3.57. The number of nitrogens with one attached hydrogen (secondary N) is 1. The summed E-state index contributed by atoms with van der Waals surface area (Å²) in [4.78, 5) is 18.7. The van der Waals surface area contributed by atoms with Crippen LogP contribution in [0.15, 0.2) is 59.5 Å². The van der Waals surface area contributed by atoms with E-state index in [9.17, 15) is 4.79 Å². The Hall–Kier alpha value is -1.82. The summed E-state index contributed by atoms with van der Waals surface area (Å²) in [6, 6.07) is 18.6. The third kappa shape index (κ3) is 7.18. The van der Waals surface area contributed by atoms with Crippen LogP contribution in [0.5, 0.6) is 0 Å². The van der Waals surface area contributed by atoms with Crippen molar-refractivity contribution < 1.29 is 4.79 Å². The predicted octanol–water partition coefficient (Wildman–Crippen LogP) is 4.12. The van der Waals surface area contributed by atoms with Gasteiger partial charge in [0.1, 0.15) is 0 Å². The molecule has 2 aromatic rings. The molecule has 1 N–H and O–H groups in total. The first kappa shape index (κ1) is 21.9. The number of carbonyl (C=O) groups is 1. The van der Waals surface area contributed by atoms with Crippen LogP contribution in [-0.2, 0) is 6.54 Å². The molecule has 0 unspecified atom stereocenters. The van der Waals surface area contributed by atoms with Crippen LogP contribution in [0.3, 0.4) is 0 Å². The van der Waals surface area contributed by atoms with Gasteiger partial charge in [0, 0.05) is 49.4 Å². The van der Waals surface area contributed by atoms with Crippen molar-refractivity contribution >= 4 is 17.7 Å². The monoisotopic (exact) mass is 411 g/mol. The highest BCUT2D eigenvalue weighted by molar-refractivity contribution is 8.00. The second-order valence-corrected chi connectivity index (χ2v) is 9.49. The standard InChI is InChI=1S/C24H33N3OS/c1-20(2)29-23-12-7-6-11-22(23)24(28)25-13-8-14-26-15-17-27(18-16-26)19-21-9-4-3-5-10-21/h3-7,9-12,20H,8,13-19H2,1-2H3,(H,25,28). The Labute approximate surface area is 179 Å². The van der Waals surface area contributed by atoms with Gasteiger partial charge in [0.2, 0.25) is 0 Å². The van der Waals surface area contributed by atoms with E-state index in [1.54, 1.807) is 11.8 Å². The molecule has 1 saturated heterocycles. The summed E-state index contributed by atoms with van der Waals surface area (Å²) in [5.41, 5.74) is 2.18. The number of thioether (sulfide) groups is 1. The Morgan fingerprint density at radius 3 is 2.34 bits per heavy atom. The molecule has 0 spiro atoms. The zero-order valence-electron chi connectivity index (χ0n) is 17.6. The Morgan fingerprint density at radius 1 is 0.966 bits per heavy atom. The number of hydrogen-bond acceptors (Lipinski definition) is 4. The van der Waals surface area contributed by atoms with Crippen molar-refractivity contribution in [2.45, 2.75) is 37.0 Å². The molecule has 0 aromatic heterocycles. The lowest BCUT2D eigenvalue weighted by Gasteiger charge is -2.34. The highest BCUT2D eigenvalue weighted by Gasteiger charge is 2.17. The molecule has 1 aliphatic heterocycles. The van der Waals surface area contributed by atoms with Gasteiger partial charge in [0.15, 0.2) is 0 Å². The first-order valence-corrected chi connectivity index (χ1v) is 11.5. The molecule has 29 heavy (non-hydrogen) atoms. The molecule has 0 bridgehead atoms. The molecule has 2 aromatic carbocycles. The normalized spacial score (nSPS) is 15.6. The number of carbonyl (C=O) groups excluding carboxylic acids is 1. The Bertz CT molecular complexity index is 758. The molecule has 0 atom stereocenters. The Balaban J connectivity index is 1.35. The van der Waals surface area contributed by atoms with Gasteiger partial charge >= 0.3 is 0 Å². The van der Waals surface area contributed by atoms with E-state index in [0.717, 1.165) is 62.7 Å². The lowest BCUT2D eigenvalue weighted by Crippen LogP contribution is -2.46. The third-order valence-electron chi connectivity index (χ3n) is 5.14. The fourth-order valence-electron chi connectivity index (χ4n) is 3.62. The second kappa shape index (κ2) is 11.4. The van der Waals surface area contributed by atoms with Crippen LogP contribution < -0.4 is 5.32 Å². The maximum Gasteiger partial charge on any atom is 0.252 e. The van der Waals surface area contributed by atoms with Gasteiger partial charge in [-0.05, 0) is 30.7 Å². The predicted molar refractivity (Wildman–Crippen MR) is 123 cm³/mol. The molecular weight excluding hydrogens is 378 g/mol. The minimum absolute atomic E-state index is 0.0430. The van der Waals surface area contributed by atoms with Crippen LogP contribution >= 0.6 is 11.8 Å². The van der Waals surface area contributed by atoms with E-state index in [4.69, 9.17) is 0 Å². The Morgan fingerprint density at radius 2 is 1.62 bits per heavy atom. The van der Waals surface area contributed by atoms with Gasteiger partial charge in [0.25, 0.3) is 5.91 Å². The number of benzene rings is 2. The lowest BCUT2D eigenvalue weighted by molar-refractivity contribution is 0.0944. The molecule has 1 aliphatic rings. The van der Waals surface area contributed by atoms with E-state index >= 15 is 0 Å². The number of hydrogen-bond donors (Lipinski definition) is 1. The van der Waals surface area contributed by atoms with Crippen molar-refractivity contribution in [1.82, 2.24) is 15.1 Å². The minimum Gasteiger partial charge on any atom is -0.352 e. The molecule has 0 radical (unpaired) electrons. The largest absolute Gasteiger partial charge is 0.352 e. The van der Waals surface area contributed by atoms with Crippen LogP contribution in [0.1, 0.15) is 36.2 Å². The molecule has 3 rings (SSSR count). The molecule has 1 heterocycles. The fraction of sp³-hybridized carbons (Fsp3) is 0.458. The smallest absolute Gasteiger partial charge is 0.252 e. The summed E-state index contributed by atoms with van der Waals surface area (Å²) in [6.07, 6.45) is 0.990. The average molecular weight is 412 g/mol. The van der Waals surface area contributed by atoms with Crippen LogP contribution in [0.25, 0.3) is 0 Å². The van der Waals surface area contributed by atoms with Crippen molar-refractivity contribution in [3.05, 3.63) is 65.7 Å². The quantitative estimate of drug-likeness (QED) is 0.497. The maximum atomic E-state index is 12.6. The molecule has 156 valence electrons. The summed E-state index contributed by atoms with van der Waals surface area (Å²) in [7, 11) is 0. The average Bonchev–Trinajstić information content (AvgIpc) is 2.73. The number of rotatable bonds is 9. The summed E-state index contributed by atoms with van der Waals surface area (Å²) >= 11 is 1.74. The van der Waals surface area contributed by atoms with E-state index in [2.05, 4.69) is 59.3 Å². The van der Waals surface area contributed by atoms with Crippen molar-refractivity contribution in [3.8, 4) is 0 Å². The number of piperazine rings is 1. The summed E-state index contributed by atoms with van der Waals surface area (Å²) in [6.45, 7) is 11.5. The van der Waals surface area contributed by atoms with Crippen LogP contribution in [-0.4, -0.2) is 60.2 Å². The van der Waals surface area contributed by atoms with E-state index < -0.39 is 0 Å². The van der Waals surface area contributed by atoms with Gasteiger partial charge in [-0.3, -0.25) is 9.69 Å². The molecule has 5 heteroatoms. The molecule has 0 aliphatic carbocycles. The highest BCUT2D eigenvalue weighted by Crippen LogP contribution is 2.26. The van der Waals surface area contributed by atoms with Crippen molar-refractivity contribution in [1.29, 1.82) is 0 Å². The first-order valence-electron chi connectivity index (χ1n) is 10.6. The molecule has 1 amide bonds.